The van der Waals surface area contributed by atoms with Crippen molar-refractivity contribution >= 4 is 5.91 Å². The molecule has 0 aliphatic carbocycles. The lowest BCUT2D eigenvalue weighted by atomic mass is 10.1. The largest absolute Gasteiger partial charge is 0.345 e. The van der Waals surface area contributed by atoms with Gasteiger partial charge in [-0.2, -0.15) is 0 Å². The van der Waals surface area contributed by atoms with Gasteiger partial charge in [0.2, 0.25) is 0 Å². The highest BCUT2D eigenvalue weighted by Crippen LogP contribution is 2.22. The maximum atomic E-state index is 12.0. The number of halogens is 2. The van der Waals surface area contributed by atoms with Crippen LogP contribution >= 0.6 is 0 Å². The van der Waals surface area contributed by atoms with Gasteiger partial charge in [0.05, 0.1) is 6.54 Å². The van der Waals surface area contributed by atoms with Gasteiger partial charge in [-0.3, -0.25) is 9.78 Å². The zero-order valence-electron chi connectivity index (χ0n) is 9.83. The van der Waals surface area contributed by atoms with Gasteiger partial charge in [0.25, 0.3) is 12.3 Å². The zero-order chi connectivity index (χ0) is 13.0. The lowest BCUT2D eigenvalue weighted by molar-refractivity contribution is 0.0887. The van der Waals surface area contributed by atoms with E-state index in [4.69, 9.17) is 0 Å². The summed E-state index contributed by atoms with van der Waals surface area (Å²) in [6, 6.07) is 3.73. The van der Waals surface area contributed by atoms with Crippen molar-refractivity contribution in [3.63, 3.8) is 0 Å². The third-order valence-corrected chi connectivity index (χ3v) is 2.90. The van der Waals surface area contributed by atoms with E-state index in [1.165, 1.54) is 6.20 Å². The van der Waals surface area contributed by atoms with Crippen molar-refractivity contribution in [2.75, 3.05) is 13.1 Å². The lowest BCUT2D eigenvalue weighted by Crippen LogP contribution is -2.29. The first-order valence-corrected chi connectivity index (χ1v) is 5.92. The Balaban J connectivity index is 2.04. The highest BCUT2D eigenvalue weighted by atomic mass is 19.3. The molecule has 18 heavy (non-hydrogen) atoms. The van der Waals surface area contributed by atoms with Gasteiger partial charge in [0.15, 0.2) is 0 Å². The molecule has 1 aromatic heterocycles. The quantitative estimate of drug-likeness (QED) is 0.857. The van der Waals surface area contributed by atoms with Crippen molar-refractivity contribution in [1.82, 2.24) is 15.6 Å². The molecule has 1 amide bonds. The Bertz CT molecular complexity index is 420. The summed E-state index contributed by atoms with van der Waals surface area (Å²) >= 11 is 0. The van der Waals surface area contributed by atoms with Crippen molar-refractivity contribution in [3.05, 3.63) is 29.6 Å². The molecule has 0 unspecified atom stereocenters. The summed E-state index contributed by atoms with van der Waals surface area (Å²) in [7, 11) is 0. The summed E-state index contributed by atoms with van der Waals surface area (Å²) < 4.78 is 24.0. The van der Waals surface area contributed by atoms with Crippen LogP contribution in [-0.2, 0) is 0 Å². The fourth-order valence-corrected chi connectivity index (χ4v) is 2.02. The van der Waals surface area contributed by atoms with Crippen molar-refractivity contribution in [1.29, 1.82) is 0 Å². The summed E-state index contributed by atoms with van der Waals surface area (Å²) in [5, 5.41) is 5.45. The van der Waals surface area contributed by atoms with Gasteiger partial charge in [-0.25, -0.2) is 8.78 Å². The van der Waals surface area contributed by atoms with Gasteiger partial charge in [0.1, 0.15) is 5.69 Å². The molecule has 1 aliphatic heterocycles. The van der Waals surface area contributed by atoms with E-state index in [0.717, 1.165) is 24.9 Å². The number of hydrogen-bond acceptors (Lipinski definition) is 3. The number of aromatic nitrogens is 1. The van der Waals surface area contributed by atoms with E-state index < -0.39 is 18.9 Å². The molecule has 0 aromatic carbocycles. The van der Waals surface area contributed by atoms with E-state index in [2.05, 4.69) is 15.6 Å². The number of pyridine rings is 1. The SMILES string of the molecule is O=C(NCC(F)F)c1cc([C@@H]2CCCN2)ccn1. The summed E-state index contributed by atoms with van der Waals surface area (Å²) in [4.78, 5) is 15.5. The van der Waals surface area contributed by atoms with Gasteiger partial charge >= 0.3 is 0 Å². The number of carbonyl (C=O) groups excluding carboxylic acids is 1. The van der Waals surface area contributed by atoms with Crippen LogP contribution in [0.25, 0.3) is 0 Å². The Kier molecular flexibility index (Phi) is 4.19. The summed E-state index contributed by atoms with van der Waals surface area (Å²) in [6.07, 6.45) is 1.10. The smallest absolute Gasteiger partial charge is 0.270 e. The van der Waals surface area contributed by atoms with Crippen LogP contribution in [0.4, 0.5) is 8.78 Å². The first kappa shape index (κ1) is 12.9. The number of amides is 1. The zero-order valence-corrected chi connectivity index (χ0v) is 9.83. The number of nitrogens with one attached hydrogen (secondary N) is 2. The monoisotopic (exact) mass is 255 g/mol. The van der Waals surface area contributed by atoms with Gasteiger partial charge in [0, 0.05) is 12.2 Å². The average Bonchev–Trinajstić information content (AvgIpc) is 2.90. The first-order valence-electron chi connectivity index (χ1n) is 5.92. The van der Waals surface area contributed by atoms with E-state index in [1.54, 1.807) is 6.07 Å². The van der Waals surface area contributed by atoms with E-state index in [-0.39, 0.29) is 11.7 Å². The molecule has 0 spiro atoms. The van der Waals surface area contributed by atoms with E-state index in [0.29, 0.717) is 0 Å². The molecule has 1 saturated heterocycles. The van der Waals surface area contributed by atoms with Gasteiger partial charge < -0.3 is 10.6 Å². The number of alkyl halides is 2. The summed E-state index contributed by atoms with van der Waals surface area (Å²) in [5.41, 5.74) is 1.16. The number of nitrogens with zero attached hydrogens (tertiary/aromatic N) is 1. The fourth-order valence-electron chi connectivity index (χ4n) is 2.02. The van der Waals surface area contributed by atoms with E-state index >= 15 is 0 Å². The van der Waals surface area contributed by atoms with Crippen LogP contribution in [0.3, 0.4) is 0 Å². The molecule has 0 radical (unpaired) electrons. The molecule has 4 nitrogen and oxygen atoms in total. The predicted octanol–water partition coefficient (Wildman–Crippen LogP) is 1.50. The maximum absolute atomic E-state index is 12.0. The van der Waals surface area contributed by atoms with Crippen LogP contribution in [0.1, 0.15) is 34.9 Å². The topological polar surface area (TPSA) is 54.0 Å². The molecule has 1 atom stereocenters. The van der Waals surface area contributed by atoms with Gasteiger partial charge in [-0.15, -0.1) is 0 Å². The molecule has 2 N–H and O–H groups in total. The van der Waals surface area contributed by atoms with Crippen LogP contribution < -0.4 is 10.6 Å². The second-order valence-electron chi connectivity index (χ2n) is 4.22. The number of rotatable bonds is 4. The molecule has 0 bridgehead atoms. The van der Waals surface area contributed by atoms with Crippen LogP contribution in [0.5, 0.6) is 0 Å². The first-order chi connectivity index (χ1) is 8.66. The molecule has 98 valence electrons. The summed E-state index contributed by atoms with van der Waals surface area (Å²) in [5.74, 6) is -0.560. The van der Waals surface area contributed by atoms with E-state index in [1.807, 2.05) is 6.07 Å². The Morgan fingerprint density at radius 1 is 1.61 bits per heavy atom. The fraction of sp³-hybridized carbons (Fsp3) is 0.500. The molecule has 1 aromatic rings. The third kappa shape index (κ3) is 3.22. The second-order valence-corrected chi connectivity index (χ2v) is 4.22. The average molecular weight is 255 g/mol. The normalized spacial score (nSPS) is 19.2. The lowest BCUT2D eigenvalue weighted by Gasteiger charge is -2.11. The Hall–Kier alpha value is -1.56. The number of carbonyl (C=O) groups is 1. The minimum absolute atomic E-state index is 0.182. The Morgan fingerprint density at radius 3 is 3.11 bits per heavy atom. The van der Waals surface area contributed by atoms with Gasteiger partial charge in [-0.1, -0.05) is 0 Å². The maximum Gasteiger partial charge on any atom is 0.270 e. The predicted molar refractivity (Wildman–Crippen MR) is 62.6 cm³/mol. The van der Waals surface area contributed by atoms with Crippen molar-refractivity contribution in [2.24, 2.45) is 0 Å². The molecule has 2 rings (SSSR count). The van der Waals surface area contributed by atoms with E-state index in [9.17, 15) is 13.6 Å². The van der Waals surface area contributed by atoms with Crippen LogP contribution in [0, 0.1) is 0 Å². The van der Waals surface area contributed by atoms with Crippen LogP contribution in [-0.4, -0.2) is 30.4 Å². The molecule has 1 aliphatic rings. The highest BCUT2D eigenvalue weighted by Gasteiger charge is 2.18. The molecule has 0 saturated carbocycles. The number of hydrogen-bond donors (Lipinski definition) is 2. The van der Waals surface area contributed by atoms with Crippen molar-refractivity contribution < 1.29 is 13.6 Å². The minimum Gasteiger partial charge on any atom is -0.345 e. The van der Waals surface area contributed by atoms with Crippen molar-refractivity contribution in [2.45, 2.75) is 25.3 Å². The molecule has 6 heteroatoms. The van der Waals surface area contributed by atoms with Crippen molar-refractivity contribution in [3.8, 4) is 0 Å². The molecular weight excluding hydrogens is 240 g/mol. The standard InChI is InChI=1S/C12H15F2N3O/c13-11(14)7-17-12(18)10-6-8(3-5-16-10)9-2-1-4-15-9/h3,5-6,9,11,15H,1-2,4,7H2,(H,17,18)/t9-/m0/s1. The molecular formula is C12H15F2N3O. The third-order valence-electron chi connectivity index (χ3n) is 2.90. The van der Waals surface area contributed by atoms with Crippen LogP contribution in [0.15, 0.2) is 18.3 Å². The minimum atomic E-state index is -2.55. The molecule has 2 heterocycles. The highest BCUT2D eigenvalue weighted by molar-refractivity contribution is 5.92. The Labute approximate surface area is 104 Å². The van der Waals surface area contributed by atoms with Gasteiger partial charge in [-0.05, 0) is 37.1 Å². The van der Waals surface area contributed by atoms with Crippen LogP contribution in [0.2, 0.25) is 0 Å². The second kappa shape index (κ2) is 5.86. The molecule has 1 fully saturated rings. The Morgan fingerprint density at radius 2 is 2.44 bits per heavy atom. The summed E-state index contributed by atoms with van der Waals surface area (Å²) in [6.45, 7) is 0.312.